The number of carbonyl (C=O) groups is 1. The first-order valence-electron chi connectivity index (χ1n) is 7.43. The summed E-state index contributed by atoms with van der Waals surface area (Å²) in [5, 5.41) is 1.81. The first-order chi connectivity index (χ1) is 10.8. The number of aromatic nitrogens is 3. The Labute approximate surface area is 132 Å². The maximum absolute atomic E-state index is 12.4. The molecule has 6 heteroatoms. The number of H-pyrrole nitrogens is 1. The molecule has 1 N–H and O–H groups in total. The van der Waals surface area contributed by atoms with Crippen molar-refractivity contribution in [3.05, 3.63) is 46.7 Å². The lowest BCUT2D eigenvalue weighted by molar-refractivity contribution is 0.0700. The molecule has 1 amide bonds. The Morgan fingerprint density at radius 2 is 2.27 bits per heavy atom. The number of imidazole rings is 1. The summed E-state index contributed by atoms with van der Waals surface area (Å²) in [6.07, 6.45) is 2.05. The number of fused-ring (bicyclic) bond motifs is 1. The number of nitrogens with one attached hydrogen (secondary N) is 1. The van der Waals surface area contributed by atoms with Gasteiger partial charge in [-0.15, -0.1) is 11.3 Å². The molecule has 3 aromatic rings. The van der Waals surface area contributed by atoms with Gasteiger partial charge in [-0.1, -0.05) is 12.1 Å². The monoisotopic (exact) mass is 312 g/mol. The van der Waals surface area contributed by atoms with Gasteiger partial charge in [0.05, 0.1) is 16.5 Å². The highest BCUT2D eigenvalue weighted by Gasteiger charge is 2.28. The zero-order chi connectivity index (χ0) is 14.9. The van der Waals surface area contributed by atoms with Gasteiger partial charge >= 0.3 is 0 Å². The average Bonchev–Trinajstić information content (AvgIpc) is 3.23. The number of likely N-dealkylation sites (tertiary alicyclic amines) is 1. The Morgan fingerprint density at radius 1 is 1.36 bits per heavy atom. The summed E-state index contributed by atoms with van der Waals surface area (Å²) in [6, 6.07) is 8.04. The summed E-state index contributed by atoms with van der Waals surface area (Å²) in [5.41, 5.74) is 4.30. The lowest BCUT2D eigenvalue weighted by Gasteiger charge is -2.31. The second-order valence-electron chi connectivity index (χ2n) is 5.60. The number of thiazole rings is 1. The molecular weight excluding hydrogens is 296 g/mol. The molecule has 1 aliphatic rings. The minimum atomic E-state index is 0.0297. The molecule has 0 radical (unpaired) electrons. The van der Waals surface area contributed by atoms with Gasteiger partial charge in [-0.25, -0.2) is 9.97 Å². The van der Waals surface area contributed by atoms with Gasteiger partial charge in [0.15, 0.2) is 0 Å². The number of amides is 1. The Hall–Kier alpha value is -2.21. The highest BCUT2D eigenvalue weighted by molar-refractivity contribution is 7.07. The smallest absolute Gasteiger partial charge is 0.273 e. The fraction of sp³-hybridized carbons (Fsp3) is 0.312. The third-order valence-electron chi connectivity index (χ3n) is 4.15. The zero-order valence-corrected chi connectivity index (χ0v) is 12.8. The zero-order valence-electron chi connectivity index (χ0n) is 12.0. The summed E-state index contributed by atoms with van der Waals surface area (Å²) < 4.78 is 0. The van der Waals surface area contributed by atoms with Gasteiger partial charge in [0.25, 0.3) is 5.91 Å². The lowest BCUT2D eigenvalue weighted by Crippen LogP contribution is -2.39. The van der Waals surface area contributed by atoms with Crippen LogP contribution in [0.2, 0.25) is 0 Å². The Morgan fingerprint density at radius 3 is 3.09 bits per heavy atom. The number of nitrogens with zero attached hydrogens (tertiary/aromatic N) is 3. The first-order valence-corrected chi connectivity index (χ1v) is 8.37. The molecular formula is C16H16N4OS. The summed E-state index contributed by atoms with van der Waals surface area (Å²) in [7, 11) is 0. The number of piperidine rings is 1. The van der Waals surface area contributed by atoms with E-state index in [0.29, 0.717) is 12.2 Å². The van der Waals surface area contributed by atoms with Crippen LogP contribution in [-0.2, 0) is 0 Å². The predicted molar refractivity (Wildman–Crippen MR) is 86.1 cm³/mol. The summed E-state index contributed by atoms with van der Waals surface area (Å²) in [6.45, 7) is 1.50. The van der Waals surface area contributed by atoms with Crippen molar-refractivity contribution in [3.63, 3.8) is 0 Å². The largest absolute Gasteiger partial charge is 0.342 e. The molecule has 1 saturated heterocycles. The molecule has 1 aliphatic heterocycles. The van der Waals surface area contributed by atoms with Gasteiger partial charge < -0.3 is 9.88 Å². The van der Waals surface area contributed by atoms with Gasteiger partial charge in [0.2, 0.25) is 0 Å². The standard InChI is InChI=1S/C16H16N4OS/c21-16(14-9-22-10-17-14)20-7-3-4-11(8-20)15-18-12-5-1-2-6-13(12)19-15/h1-2,5-6,9-11H,3-4,7-8H2,(H,18,19)/t11-/m0/s1. The number of aromatic amines is 1. The van der Waals surface area contributed by atoms with Crippen LogP contribution in [0.25, 0.3) is 11.0 Å². The molecule has 0 saturated carbocycles. The molecule has 0 aliphatic carbocycles. The number of benzene rings is 1. The molecule has 1 aromatic carbocycles. The van der Waals surface area contributed by atoms with Crippen LogP contribution in [0.15, 0.2) is 35.2 Å². The molecule has 22 heavy (non-hydrogen) atoms. The summed E-state index contributed by atoms with van der Waals surface area (Å²) in [5.74, 6) is 1.28. The van der Waals surface area contributed by atoms with Crippen LogP contribution in [0.1, 0.15) is 35.1 Å². The van der Waals surface area contributed by atoms with Crippen LogP contribution >= 0.6 is 11.3 Å². The van der Waals surface area contributed by atoms with E-state index in [9.17, 15) is 4.79 Å². The van der Waals surface area contributed by atoms with Crippen LogP contribution in [0.3, 0.4) is 0 Å². The summed E-state index contributed by atoms with van der Waals surface area (Å²) >= 11 is 1.45. The van der Waals surface area contributed by atoms with Crippen LogP contribution in [0, 0.1) is 0 Å². The molecule has 112 valence electrons. The number of rotatable bonds is 2. The maximum atomic E-state index is 12.4. The second kappa shape index (κ2) is 5.53. The molecule has 0 bridgehead atoms. The van der Waals surface area contributed by atoms with Gasteiger partial charge in [-0.05, 0) is 25.0 Å². The van der Waals surface area contributed by atoms with Crippen LogP contribution < -0.4 is 0 Å². The van der Waals surface area contributed by atoms with Crippen LogP contribution in [-0.4, -0.2) is 38.8 Å². The lowest BCUT2D eigenvalue weighted by atomic mass is 9.97. The molecule has 0 unspecified atom stereocenters. The molecule has 1 fully saturated rings. The van der Waals surface area contributed by atoms with Crippen molar-refractivity contribution in [3.8, 4) is 0 Å². The van der Waals surface area contributed by atoms with Crippen molar-refractivity contribution < 1.29 is 4.79 Å². The van der Waals surface area contributed by atoms with Crippen LogP contribution in [0.5, 0.6) is 0 Å². The van der Waals surface area contributed by atoms with E-state index in [1.54, 1.807) is 5.51 Å². The second-order valence-corrected chi connectivity index (χ2v) is 6.32. The van der Waals surface area contributed by atoms with Gasteiger partial charge in [0.1, 0.15) is 11.5 Å². The normalized spacial score (nSPS) is 18.7. The Balaban J connectivity index is 1.56. The van der Waals surface area contributed by atoms with E-state index in [4.69, 9.17) is 0 Å². The minimum Gasteiger partial charge on any atom is -0.342 e. The topological polar surface area (TPSA) is 61.9 Å². The fourth-order valence-corrected chi connectivity index (χ4v) is 3.56. The van der Waals surface area contributed by atoms with Crippen LogP contribution in [0.4, 0.5) is 0 Å². The van der Waals surface area contributed by atoms with Crippen molar-refractivity contribution in [2.24, 2.45) is 0 Å². The van der Waals surface area contributed by atoms with E-state index in [1.165, 1.54) is 11.3 Å². The average molecular weight is 312 g/mol. The fourth-order valence-electron chi connectivity index (χ4n) is 3.03. The number of hydrogen-bond acceptors (Lipinski definition) is 4. The number of carbonyl (C=O) groups excluding carboxylic acids is 1. The van der Waals surface area contributed by atoms with E-state index in [1.807, 2.05) is 34.5 Å². The van der Waals surface area contributed by atoms with Gasteiger partial charge in [-0.2, -0.15) is 0 Å². The Kier molecular flexibility index (Phi) is 3.38. The molecule has 3 heterocycles. The van der Waals surface area contributed by atoms with Crippen molar-refractivity contribution >= 4 is 28.3 Å². The number of para-hydroxylation sites is 2. The SMILES string of the molecule is O=C(c1cscn1)N1CCC[C@H](c2nc3ccccc3[nH]2)C1. The van der Waals surface area contributed by atoms with E-state index in [2.05, 4.69) is 15.0 Å². The first kappa shape index (κ1) is 13.5. The Bertz CT molecular complexity index is 762. The molecule has 5 nitrogen and oxygen atoms in total. The van der Waals surface area contributed by atoms with Crippen molar-refractivity contribution in [2.45, 2.75) is 18.8 Å². The third-order valence-corrected chi connectivity index (χ3v) is 4.74. The quantitative estimate of drug-likeness (QED) is 0.791. The van der Waals surface area contributed by atoms with Crippen molar-refractivity contribution in [1.82, 2.24) is 19.9 Å². The maximum Gasteiger partial charge on any atom is 0.273 e. The van der Waals surface area contributed by atoms with E-state index >= 15 is 0 Å². The highest BCUT2D eigenvalue weighted by Crippen LogP contribution is 2.27. The van der Waals surface area contributed by atoms with Crippen molar-refractivity contribution in [1.29, 1.82) is 0 Å². The molecule has 2 aromatic heterocycles. The van der Waals surface area contributed by atoms with Gasteiger partial charge in [0, 0.05) is 24.4 Å². The molecule has 4 rings (SSSR count). The highest BCUT2D eigenvalue weighted by atomic mass is 32.1. The van der Waals surface area contributed by atoms with Gasteiger partial charge in [-0.3, -0.25) is 4.79 Å². The van der Waals surface area contributed by atoms with E-state index in [-0.39, 0.29) is 11.8 Å². The minimum absolute atomic E-state index is 0.0297. The third kappa shape index (κ3) is 2.39. The molecule has 1 atom stereocenters. The van der Waals surface area contributed by atoms with E-state index < -0.39 is 0 Å². The van der Waals surface area contributed by atoms with Crippen molar-refractivity contribution in [2.75, 3.05) is 13.1 Å². The van der Waals surface area contributed by atoms with E-state index in [0.717, 1.165) is 36.2 Å². The molecule has 0 spiro atoms. The summed E-state index contributed by atoms with van der Waals surface area (Å²) in [4.78, 5) is 26.6. The predicted octanol–water partition coefficient (Wildman–Crippen LogP) is 3.04. The number of hydrogen-bond donors (Lipinski definition) is 1.